The van der Waals surface area contributed by atoms with Crippen molar-refractivity contribution in [2.24, 2.45) is 0 Å². The third-order valence-electron chi connectivity index (χ3n) is 2.30. The average Bonchev–Trinajstić information content (AvgIpc) is 2.81. The van der Waals surface area contributed by atoms with Crippen molar-refractivity contribution in [1.82, 2.24) is 0 Å². The molecule has 1 aromatic carbocycles. The number of methoxy groups -OCH3 is 1. The number of thiophene rings is 1. The largest absolute Gasteiger partial charge is 0.496 e. The Balaban J connectivity index is 2.42. The van der Waals surface area contributed by atoms with Crippen LogP contribution in [0.5, 0.6) is 5.75 Å². The number of halogens is 2. The number of alkyl halides is 1. The van der Waals surface area contributed by atoms with Crippen LogP contribution in [-0.4, -0.2) is 7.11 Å². The molecule has 1 nitrogen and oxygen atoms in total. The highest BCUT2D eigenvalue weighted by atomic mass is 79.9. The van der Waals surface area contributed by atoms with Crippen molar-refractivity contribution in [3.63, 3.8) is 0 Å². The fourth-order valence-electron chi connectivity index (χ4n) is 1.50. The highest BCUT2D eigenvalue weighted by Gasteiger charge is 2.16. The van der Waals surface area contributed by atoms with Gasteiger partial charge in [-0.05, 0) is 40.6 Å². The zero-order valence-corrected chi connectivity index (χ0v) is 11.8. The molecule has 1 unspecified atom stereocenters. The van der Waals surface area contributed by atoms with E-state index < -0.39 is 0 Å². The second kappa shape index (κ2) is 5.21. The Bertz CT molecular complexity index is 470. The Hall–Kier alpha value is -0.510. The van der Waals surface area contributed by atoms with Gasteiger partial charge >= 0.3 is 0 Å². The van der Waals surface area contributed by atoms with Gasteiger partial charge in [0.2, 0.25) is 0 Å². The zero-order chi connectivity index (χ0) is 11.5. The topological polar surface area (TPSA) is 9.23 Å². The number of hydrogen-bond donors (Lipinski definition) is 0. The number of ether oxygens (including phenoxy) is 1. The lowest BCUT2D eigenvalue weighted by Gasteiger charge is -2.13. The molecular weight excluding hydrogens is 308 g/mol. The summed E-state index contributed by atoms with van der Waals surface area (Å²) in [6.45, 7) is 0. The van der Waals surface area contributed by atoms with Gasteiger partial charge in [-0.1, -0.05) is 15.9 Å². The molecule has 0 amide bonds. The molecule has 2 rings (SSSR count). The van der Waals surface area contributed by atoms with Crippen molar-refractivity contribution >= 4 is 38.9 Å². The lowest BCUT2D eigenvalue weighted by atomic mass is 10.1. The molecule has 16 heavy (non-hydrogen) atoms. The summed E-state index contributed by atoms with van der Waals surface area (Å²) in [6, 6.07) is 7.89. The van der Waals surface area contributed by atoms with Crippen LogP contribution in [0.15, 0.2) is 39.5 Å². The second-order valence-electron chi connectivity index (χ2n) is 3.31. The Morgan fingerprint density at radius 1 is 1.38 bits per heavy atom. The number of hydrogen-bond acceptors (Lipinski definition) is 2. The van der Waals surface area contributed by atoms with E-state index >= 15 is 0 Å². The maximum atomic E-state index is 6.43. The Morgan fingerprint density at radius 3 is 2.81 bits per heavy atom. The first-order valence-corrected chi connectivity index (χ1v) is 6.89. The van der Waals surface area contributed by atoms with E-state index in [1.54, 1.807) is 18.4 Å². The molecule has 0 bridgehead atoms. The van der Waals surface area contributed by atoms with Crippen molar-refractivity contribution in [2.75, 3.05) is 7.11 Å². The highest BCUT2D eigenvalue weighted by molar-refractivity contribution is 9.10. The number of benzene rings is 1. The van der Waals surface area contributed by atoms with Crippen LogP contribution in [0.3, 0.4) is 0 Å². The Kier molecular flexibility index (Phi) is 3.90. The van der Waals surface area contributed by atoms with Gasteiger partial charge in [0.05, 0.1) is 12.5 Å². The summed E-state index contributed by atoms with van der Waals surface area (Å²) in [6.07, 6.45) is 0. The van der Waals surface area contributed by atoms with E-state index in [1.807, 2.05) is 29.6 Å². The van der Waals surface area contributed by atoms with Crippen molar-refractivity contribution in [2.45, 2.75) is 5.38 Å². The summed E-state index contributed by atoms with van der Waals surface area (Å²) in [5.41, 5.74) is 2.08. The molecule has 0 saturated carbocycles. The van der Waals surface area contributed by atoms with E-state index in [0.717, 1.165) is 21.3 Å². The predicted octanol–water partition coefficient (Wildman–Crippen LogP) is 4.85. The van der Waals surface area contributed by atoms with Gasteiger partial charge in [-0.3, -0.25) is 0 Å². The molecule has 0 aliphatic carbocycles. The Morgan fingerprint density at radius 2 is 2.19 bits per heavy atom. The molecule has 0 saturated heterocycles. The average molecular weight is 318 g/mol. The van der Waals surface area contributed by atoms with Gasteiger partial charge in [-0.15, -0.1) is 11.6 Å². The zero-order valence-electron chi connectivity index (χ0n) is 8.61. The quantitative estimate of drug-likeness (QED) is 0.736. The molecule has 0 spiro atoms. The van der Waals surface area contributed by atoms with Gasteiger partial charge in [-0.2, -0.15) is 11.3 Å². The molecule has 1 atom stereocenters. The molecule has 1 heterocycles. The summed E-state index contributed by atoms with van der Waals surface area (Å²) in [5.74, 6) is 0.814. The predicted molar refractivity (Wildman–Crippen MR) is 72.7 cm³/mol. The Labute approximate surface area is 112 Å². The van der Waals surface area contributed by atoms with Crippen molar-refractivity contribution in [1.29, 1.82) is 0 Å². The lowest BCUT2D eigenvalue weighted by molar-refractivity contribution is 0.410. The third-order valence-corrected chi connectivity index (χ3v) is 3.98. The molecule has 0 aliphatic heterocycles. The van der Waals surface area contributed by atoms with Crippen LogP contribution in [-0.2, 0) is 0 Å². The van der Waals surface area contributed by atoms with E-state index in [0.29, 0.717) is 0 Å². The van der Waals surface area contributed by atoms with Crippen LogP contribution < -0.4 is 4.74 Å². The molecule has 0 radical (unpaired) electrons. The van der Waals surface area contributed by atoms with Gasteiger partial charge in [0.25, 0.3) is 0 Å². The first-order chi connectivity index (χ1) is 7.72. The van der Waals surface area contributed by atoms with Gasteiger partial charge < -0.3 is 4.74 Å². The van der Waals surface area contributed by atoms with Gasteiger partial charge in [0, 0.05) is 10.0 Å². The van der Waals surface area contributed by atoms with Crippen LogP contribution in [0.1, 0.15) is 16.5 Å². The first kappa shape index (κ1) is 12.0. The maximum Gasteiger partial charge on any atom is 0.123 e. The van der Waals surface area contributed by atoms with E-state index in [2.05, 4.69) is 21.3 Å². The molecule has 4 heteroatoms. The smallest absolute Gasteiger partial charge is 0.123 e. The first-order valence-electron chi connectivity index (χ1n) is 4.72. The van der Waals surface area contributed by atoms with Gasteiger partial charge in [-0.25, -0.2) is 0 Å². The summed E-state index contributed by atoms with van der Waals surface area (Å²) in [4.78, 5) is 0. The fourth-order valence-corrected chi connectivity index (χ4v) is 2.95. The molecule has 0 fully saturated rings. The monoisotopic (exact) mass is 316 g/mol. The molecule has 0 N–H and O–H groups in total. The third kappa shape index (κ3) is 2.42. The summed E-state index contributed by atoms with van der Waals surface area (Å²) in [7, 11) is 1.66. The van der Waals surface area contributed by atoms with Crippen LogP contribution in [0.4, 0.5) is 0 Å². The molecular formula is C12H10BrClOS. The van der Waals surface area contributed by atoms with Gasteiger partial charge in [0.1, 0.15) is 5.75 Å². The van der Waals surface area contributed by atoms with Crippen LogP contribution in [0.2, 0.25) is 0 Å². The molecule has 0 aliphatic rings. The van der Waals surface area contributed by atoms with E-state index in [-0.39, 0.29) is 5.38 Å². The van der Waals surface area contributed by atoms with E-state index in [4.69, 9.17) is 16.3 Å². The maximum absolute atomic E-state index is 6.43. The highest BCUT2D eigenvalue weighted by Crippen LogP contribution is 2.37. The van der Waals surface area contributed by atoms with Crippen LogP contribution in [0.25, 0.3) is 0 Å². The van der Waals surface area contributed by atoms with Crippen LogP contribution in [0, 0.1) is 0 Å². The minimum absolute atomic E-state index is 0.168. The SMILES string of the molecule is COc1ccc(Br)cc1C(Cl)c1ccsc1. The van der Waals surface area contributed by atoms with Crippen molar-refractivity contribution in [3.05, 3.63) is 50.6 Å². The summed E-state index contributed by atoms with van der Waals surface area (Å²) < 4.78 is 6.32. The minimum Gasteiger partial charge on any atom is -0.496 e. The van der Waals surface area contributed by atoms with Gasteiger partial charge in [0.15, 0.2) is 0 Å². The lowest BCUT2D eigenvalue weighted by Crippen LogP contribution is -1.96. The van der Waals surface area contributed by atoms with Crippen molar-refractivity contribution < 1.29 is 4.74 Å². The minimum atomic E-state index is -0.168. The summed E-state index contributed by atoms with van der Waals surface area (Å²) in [5, 5.41) is 3.91. The number of rotatable bonds is 3. The molecule has 84 valence electrons. The normalized spacial score (nSPS) is 12.4. The van der Waals surface area contributed by atoms with E-state index in [1.165, 1.54) is 0 Å². The summed E-state index contributed by atoms with van der Waals surface area (Å²) >= 11 is 11.5. The van der Waals surface area contributed by atoms with Crippen LogP contribution >= 0.6 is 38.9 Å². The second-order valence-corrected chi connectivity index (χ2v) is 5.44. The molecule has 1 aromatic heterocycles. The fraction of sp³-hybridized carbons (Fsp3) is 0.167. The van der Waals surface area contributed by atoms with E-state index in [9.17, 15) is 0 Å². The van der Waals surface area contributed by atoms with Crippen molar-refractivity contribution in [3.8, 4) is 5.75 Å². The standard InChI is InChI=1S/C12H10BrClOS/c1-15-11-3-2-9(13)6-10(11)12(14)8-4-5-16-7-8/h2-7,12H,1H3. The molecule has 2 aromatic rings.